The van der Waals surface area contributed by atoms with Gasteiger partial charge in [-0.15, -0.1) is 0 Å². The number of ether oxygens (including phenoxy) is 2. The Hall–Kier alpha value is -3.14. The summed E-state index contributed by atoms with van der Waals surface area (Å²) >= 11 is 15.7. The second-order valence-electron chi connectivity index (χ2n) is 7.18. The maximum atomic E-state index is 12.1. The molecule has 0 heterocycles. The van der Waals surface area contributed by atoms with Gasteiger partial charge in [0.1, 0.15) is 6.61 Å². The third-order valence-electron chi connectivity index (χ3n) is 4.63. The second kappa shape index (κ2) is 12.5. The van der Waals surface area contributed by atoms with Crippen LogP contribution in [0.3, 0.4) is 0 Å². The van der Waals surface area contributed by atoms with Gasteiger partial charge in [-0.25, -0.2) is 5.43 Å². The van der Waals surface area contributed by atoms with Gasteiger partial charge in [0.05, 0.1) is 28.6 Å². The molecular weight excluding hydrogens is 561 g/mol. The standard InChI is InChI=1S/C24H20BrCl2N3O5/c1-2-34-22-10-16(9-20(25)24(22)35-14-17-5-6-18(26)12-21(17)27)13-28-29-23(31)11-15-3-7-19(8-4-15)30(32)33/h3-10,12-13H,2,11,14H2,1H3,(H,29,31)/b28-13+. The molecule has 8 nitrogen and oxygen atoms in total. The summed E-state index contributed by atoms with van der Waals surface area (Å²) in [6.45, 7) is 2.48. The van der Waals surface area contributed by atoms with Crippen LogP contribution in [0.4, 0.5) is 5.69 Å². The zero-order chi connectivity index (χ0) is 25.4. The lowest BCUT2D eigenvalue weighted by molar-refractivity contribution is -0.384. The first-order chi connectivity index (χ1) is 16.8. The van der Waals surface area contributed by atoms with Crippen LogP contribution in [0.25, 0.3) is 0 Å². The van der Waals surface area contributed by atoms with Crippen molar-refractivity contribution in [3.05, 3.63) is 95.9 Å². The largest absolute Gasteiger partial charge is 0.490 e. The molecule has 1 N–H and O–H groups in total. The number of carbonyl (C=O) groups is 1. The van der Waals surface area contributed by atoms with Crippen molar-refractivity contribution in [1.82, 2.24) is 5.43 Å². The topological polar surface area (TPSA) is 103 Å². The molecule has 1 amide bonds. The molecule has 0 aliphatic carbocycles. The highest BCUT2D eigenvalue weighted by Crippen LogP contribution is 2.37. The highest BCUT2D eigenvalue weighted by molar-refractivity contribution is 9.10. The van der Waals surface area contributed by atoms with Crippen molar-refractivity contribution in [3.8, 4) is 11.5 Å². The van der Waals surface area contributed by atoms with Crippen molar-refractivity contribution < 1.29 is 19.2 Å². The van der Waals surface area contributed by atoms with E-state index in [2.05, 4.69) is 26.5 Å². The van der Waals surface area contributed by atoms with Crippen LogP contribution >= 0.6 is 39.1 Å². The van der Waals surface area contributed by atoms with Gasteiger partial charge in [-0.3, -0.25) is 14.9 Å². The summed E-state index contributed by atoms with van der Waals surface area (Å²) in [4.78, 5) is 22.4. The fourth-order valence-corrected chi connectivity index (χ4v) is 4.03. The minimum absolute atomic E-state index is 0.0310. The maximum absolute atomic E-state index is 12.1. The minimum atomic E-state index is -0.494. The van der Waals surface area contributed by atoms with Gasteiger partial charge in [-0.2, -0.15) is 5.10 Å². The Kier molecular flexibility index (Phi) is 9.47. The van der Waals surface area contributed by atoms with Gasteiger partial charge in [-0.1, -0.05) is 41.4 Å². The molecule has 3 rings (SSSR count). The number of benzene rings is 3. The van der Waals surface area contributed by atoms with Crippen LogP contribution in [-0.4, -0.2) is 23.7 Å². The van der Waals surface area contributed by atoms with Gasteiger partial charge >= 0.3 is 0 Å². The van der Waals surface area contributed by atoms with Gasteiger partial charge in [0.25, 0.3) is 5.69 Å². The zero-order valence-corrected chi connectivity index (χ0v) is 21.6. The number of amides is 1. The summed E-state index contributed by atoms with van der Waals surface area (Å²) in [7, 11) is 0. The number of hydrogen-bond donors (Lipinski definition) is 1. The molecule has 0 radical (unpaired) electrons. The Labute approximate surface area is 220 Å². The van der Waals surface area contributed by atoms with Gasteiger partial charge in [0.15, 0.2) is 11.5 Å². The molecule has 3 aromatic rings. The van der Waals surface area contributed by atoms with E-state index in [0.29, 0.717) is 43.8 Å². The SMILES string of the molecule is CCOc1cc(/C=N/NC(=O)Cc2ccc([N+](=O)[O-])cc2)cc(Br)c1OCc1ccc(Cl)cc1Cl. The highest BCUT2D eigenvalue weighted by atomic mass is 79.9. The molecule has 182 valence electrons. The number of nitrogens with one attached hydrogen (secondary N) is 1. The van der Waals surface area contributed by atoms with E-state index in [4.69, 9.17) is 32.7 Å². The van der Waals surface area contributed by atoms with E-state index in [-0.39, 0.29) is 24.6 Å². The summed E-state index contributed by atoms with van der Waals surface area (Å²) in [5.41, 5.74) is 4.47. The average Bonchev–Trinajstić information content (AvgIpc) is 2.80. The van der Waals surface area contributed by atoms with Crippen molar-refractivity contribution >= 4 is 56.9 Å². The zero-order valence-electron chi connectivity index (χ0n) is 18.5. The van der Waals surface area contributed by atoms with E-state index < -0.39 is 4.92 Å². The quantitative estimate of drug-likeness (QED) is 0.171. The second-order valence-corrected chi connectivity index (χ2v) is 8.88. The van der Waals surface area contributed by atoms with Crippen molar-refractivity contribution in [2.24, 2.45) is 5.10 Å². The lowest BCUT2D eigenvalue weighted by atomic mass is 10.1. The number of nitro groups is 1. The average molecular weight is 581 g/mol. The van der Waals surface area contributed by atoms with Gasteiger partial charge in [-0.05, 0) is 58.2 Å². The van der Waals surface area contributed by atoms with Crippen LogP contribution in [0.15, 0.2) is 64.2 Å². The van der Waals surface area contributed by atoms with Crippen LogP contribution in [0.1, 0.15) is 23.6 Å². The first-order valence-electron chi connectivity index (χ1n) is 10.3. The number of halogens is 3. The van der Waals surface area contributed by atoms with E-state index in [1.165, 1.54) is 30.5 Å². The lowest BCUT2D eigenvalue weighted by Crippen LogP contribution is -2.19. The first-order valence-corrected chi connectivity index (χ1v) is 11.9. The number of nitrogens with zero attached hydrogens (tertiary/aromatic N) is 2. The fraction of sp³-hybridized carbons (Fsp3) is 0.167. The molecule has 0 aromatic heterocycles. The highest BCUT2D eigenvalue weighted by Gasteiger charge is 2.13. The monoisotopic (exact) mass is 579 g/mol. The van der Waals surface area contributed by atoms with Crippen LogP contribution < -0.4 is 14.9 Å². The number of rotatable bonds is 10. The third-order valence-corrected chi connectivity index (χ3v) is 5.81. The summed E-state index contributed by atoms with van der Waals surface area (Å²) < 4.78 is 12.3. The molecule has 0 fully saturated rings. The van der Waals surface area contributed by atoms with Crippen molar-refractivity contribution in [2.75, 3.05) is 6.61 Å². The molecule has 0 saturated heterocycles. The van der Waals surface area contributed by atoms with Crippen LogP contribution in [-0.2, 0) is 17.8 Å². The summed E-state index contributed by atoms with van der Waals surface area (Å²) in [6.07, 6.45) is 1.50. The summed E-state index contributed by atoms with van der Waals surface area (Å²) in [5.74, 6) is 0.627. The Morgan fingerprint density at radius 1 is 1.14 bits per heavy atom. The van der Waals surface area contributed by atoms with E-state index in [9.17, 15) is 14.9 Å². The van der Waals surface area contributed by atoms with E-state index >= 15 is 0 Å². The molecule has 3 aromatic carbocycles. The van der Waals surface area contributed by atoms with Crippen molar-refractivity contribution in [2.45, 2.75) is 20.0 Å². The fourth-order valence-electron chi connectivity index (χ4n) is 2.99. The lowest BCUT2D eigenvalue weighted by Gasteiger charge is -2.15. The number of carbonyl (C=O) groups excluding carboxylic acids is 1. The number of non-ortho nitro benzene ring substituents is 1. The molecule has 0 spiro atoms. The van der Waals surface area contributed by atoms with Crippen LogP contribution in [0, 0.1) is 10.1 Å². The number of nitro benzene ring substituents is 1. The first kappa shape index (κ1) is 26.5. The Balaban J connectivity index is 1.65. The smallest absolute Gasteiger partial charge is 0.269 e. The van der Waals surface area contributed by atoms with Gasteiger partial charge in [0, 0.05) is 27.7 Å². The maximum Gasteiger partial charge on any atom is 0.269 e. The molecule has 0 aliphatic heterocycles. The Bertz CT molecular complexity index is 1250. The van der Waals surface area contributed by atoms with Crippen molar-refractivity contribution in [3.63, 3.8) is 0 Å². The number of hydrazone groups is 1. The van der Waals surface area contributed by atoms with Crippen molar-refractivity contribution in [1.29, 1.82) is 0 Å². The van der Waals surface area contributed by atoms with Gasteiger partial charge in [0.2, 0.25) is 5.91 Å². The Morgan fingerprint density at radius 3 is 2.54 bits per heavy atom. The summed E-state index contributed by atoms with van der Waals surface area (Å²) in [5, 5.41) is 15.8. The molecular formula is C24H20BrCl2N3O5. The normalized spacial score (nSPS) is 10.9. The number of hydrogen-bond acceptors (Lipinski definition) is 6. The molecule has 0 atom stereocenters. The summed E-state index contributed by atoms with van der Waals surface area (Å²) in [6, 6.07) is 14.4. The molecule has 35 heavy (non-hydrogen) atoms. The predicted octanol–water partition coefficient (Wildman–Crippen LogP) is 6.33. The molecule has 0 saturated carbocycles. The molecule has 0 bridgehead atoms. The molecule has 0 unspecified atom stereocenters. The van der Waals surface area contributed by atoms with Crippen LogP contribution in [0.2, 0.25) is 10.0 Å². The van der Waals surface area contributed by atoms with E-state index in [1.54, 1.807) is 30.3 Å². The molecule has 11 heteroatoms. The Morgan fingerprint density at radius 2 is 1.89 bits per heavy atom. The van der Waals surface area contributed by atoms with Crippen LogP contribution in [0.5, 0.6) is 11.5 Å². The van der Waals surface area contributed by atoms with E-state index in [1.807, 2.05) is 6.92 Å². The van der Waals surface area contributed by atoms with Gasteiger partial charge < -0.3 is 9.47 Å². The van der Waals surface area contributed by atoms with E-state index in [0.717, 1.165) is 5.56 Å². The third kappa shape index (κ3) is 7.68. The molecule has 0 aliphatic rings. The predicted molar refractivity (Wildman–Crippen MR) is 139 cm³/mol. The minimum Gasteiger partial charge on any atom is -0.490 e.